The standard InChI is InChI=1S/C14H21N5/c1-11(2)9-19-14(17-10-18-19)8-16-12(3)13-4-6-15-7-5-13/h4-7,10-12,16H,8-9H2,1-3H3/t12-/m1/s1. The molecule has 0 bridgehead atoms. The van der Waals surface area contributed by atoms with Crippen LogP contribution in [0.5, 0.6) is 0 Å². The van der Waals surface area contributed by atoms with Crippen molar-refractivity contribution < 1.29 is 0 Å². The van der Waals surface area contributed by atoms with Gasteiger partial charge in [-0.1, -0.05) is 13.8 Å². The Kier molecular flexibility index (Phi) is 4.63. The van der Waals surface area contributed by atoms with Crippen molar-refractivity contribution in [3.8, 4) is 0 Å². The molecule has 0 saturated carbocycles. The molecule has 2 heterocycles. The zero-order valence-electron chi connectivity index (χ0n) is 11.7. The highest BCUT2D eigenvalue weighted by atomic mass is 15.3. The number of pyridine rings is 1. The summed E-state index contributed by atoms with van der Waals surface area (Å²) >= 11 is 0. The van der Waals surface area contributed by atoms with Gasteiger partial charge >= 0.3 is 0 Å². The van der Waals surface area contributed by atoms with Crippen LogP contribution in [0.25, 0.3) is 0 Å². The summed E-state index contributed by atoms with van der Waals surface area (Å²) in [6, 6.07) is 4.32. The maximum atomic E-state index is 4.31. The van der Waals surface area contributed by atoms with Crippen LogP contribution in [0.3, 0.4) is 0 Å². The van der Waals surface area contributed by atoms with E-state index in [0.717, 1.165) is 18.9 Å². The third-order valence-electron chi connectivity index (χ3n) is 3.01. The smallest absolute Gasteiger partial charge is 0.140 e. The fraction of sp³-hybridized carbons (Fsp3) is 0.500. The lowest BCUT2D eigenvalue weighted by Crippen LogP contribution is -2.22. The second-order valence-electron chi connectivity index (χ2n) is 5.14. The fourth-order valence-electron chi connectivity index (χ4n) is 1.94. The predicted octanol–water partition coefficient (Wildman–Crippen LogP) is 2.18. The minimum absolute atomic E-state index is 0.271. The van der Waals surface area contributed by atoms with Gasteiger partial charge in [0.05, 0.1) is 6.54 Å². The lowest BCUT2D eigenvalue weighted by molar-refractivity contribution is 0.449. The van der Waals surface area contributed by atoms with Crippen molar-refractivity contribution in [3.05, 3.63) is 42.2 Å². The summed E-state index contributed by atoms with van der Waals surface area (Å²) in [6.07, 6.45) is 5.25. The topological polar surface area (TPSA) is 55.6 Å². The number of hydrogen-bond donors (Lipinski definition) is 1. The summed E-state index contributed by atoms with van der Waals surface area (Å²) in [5.41, 5.74) is 1.23. The maximum absolute atomic E-state index is 4.31. The quantitative estimate of drug-likeness (QED) is 0.864. The highest BCUT2D eigenvalue weighted by molar-refractivity contribution is 5.13. The summed E-state index contributed by atoms with van der Waals surface area (Å²) < 4.78 is 1.97. The van der Waals surface area contributed by atoms with Gasteiger partial charge in [0.25, 0.3) is 0 Å². The molecule has 2 aromatic rings. The van der Waals surface area contributed by atoms with E-state index >= 15 is 0 Å². The first-order valence-corrected chi connectivity index (χ1v) is 6.67. The minimum atomic E-state index is 0.271. The number of aromatic nitrogens is 4. The molecular weight excluding hydrogens is 238 g/mol. The van der Waals surface area contributed by atoms with Gasteiger partial charge in [-0.3, -0.25) is 4.98 Å². The second-order valence-corrected chi connectivity index (χ2v) is 5.14. The molecule has 2 aromatic heterocycles. The molecule has 0 fully saturated rings. The van der Waals surface area contributed by atoms with Crippen molar-refractivity contribution in [2.24, 2.45) is 5.92 Å². The lowest BCUT2D eigenvalue weighted by atomic mass is 10.1. The molecule has 5 heteroatoms. The Bertz CT molecular complexity index is 492. The summed E-state index contributed by atoms with van der Waals surface area (Å²) in [7, 11) is 0. The highest BCUT2D eigenvalue weighted by Crippen LogP contribution is 2.11. The molecule has 0 spiro atoms. The van der Waals surface area contributed by atoms with E-state index in [2.05, 4.69) is 41.2 Å². The van der Waals surface area contributed by atoms with Crippen LogP contribution in [-0.4, -0.2) is 19.7 Å². The Balaban J connectivity index is 1.94. The van der Waals surface area contributed by atoms with E-state index in [9.17, 15) is 0 Å². The third kappa shape index (κ3) is 3.86. The predicted molar refractivity (Wildman–Crippen MR) is 74.4 cm³/mol. The Morgan fingerprint density at radius 2 is 1.95 bits per heavy atom. The van der Waals surface area contributed by atoms with Crippen molar-refractivity contribution in [1.82, 2.24) is 25.1 Å². The molecule has 5 nitrogen and oxygen atoms in total. The van der Waals surface area contributed by atoms with Crippen molar-refractivity contribution in [3.63, 3.8) is 0 Å². The van der Waals surface area contributed by atoms with Crippen molar-refractivity contribution >= 4 is 0 Å². The monoisotopic (exact) mass is 259 g/mol. The summed E-state index contributed by atoms with van der Waals surface area (Å²) in [5, 5.41) is 7.73. The summed E-state index contributed by atoms with van der Waals surface area (Å²) in [4.78, 5) is 8.34. The van der Waals surface area contributed by atoms with Crippen molar-refractivity contribution in [1.29, 1.82) is 0 Å². The zero-order chi connectivity index (χ0) is 13.7. The molecule has 0 amide bonds. The van der Waals surface area contributed by atoms with Crippen LogP contribution >= 0.6 is 0 Å². The Morgan fingerprint density at radius 1 is 1.21 bits per heavy atom. The number of rotatable bonds is 6. The maximum Gasteiger partial charge on any atom is 0.140 e. The van der Waals surface area contributed by atoms with Crippen LogP contribution < -0.4 is 5.32 Å². The molecule has 0 radical (unpaired) electrons. The van der Waals surface area contributed by atoms with Crippen molar-refractivity contribution in [2.45, 2.75) is 39.9 Å². The normalized spacial score (nSPS) is 12.8. The van der Waals surface area contributed by atoms with Gasteiger partial charge in [-0.25, -0.2) is 9.67 Å². The second kappa shape index (κ2) is 6.43. The van der Waals surface area contributed by atoms with Crippen LogP contribution in [-0.2, 0) is 13.1 Å². The van der Waals surface area contributed by atoms with Crippen LogP contribution in [0.4, 0.5) is 0 Å². The number of nitrogens with one attached hydrogen (secondary N) is 1. The van der Waals surface area contributed by atoms with E-state index in [1.807, 2.05) is 29.2 Å². The molecular formula is C14H21N5. The Hall–Kier alpha value is -1.75. The average Bonchev–Trinajstić information content (AvgIpc) is 2.83. The fourth-order valence-corrected chi connectivity index (χ4v) is 1.94. The van der Waals surface area contributed by atoms with Gasteiger partial charge in [-0.2, -0.15) is 5.10 Å². The van der Waals surface area contributed by atoms with Gasteiger partial charge < -0.3 is 5.32 Å². The largest absolute Gasteiger partial charge is 0.303 e. The first kappa shape index (κ1) is 13.7. The third-order valence-corrected chi connectivity index (χ3v) is 3.01. The SMILES string of the molecule is CC(C)Cn1ncnc1CN[C@H](C)c1ccncc1. The van der Waals surface area contributed by atoms with E-state index in [1.165, 1.54) is 5.56 Å². The molecule has 0 aromatic carbocycles. The molecule has 19 heavy (non-hydrogen) atoms. The Morgan fingerprint density at radius 3 is 2.63 bits per heavy atom. The molecule has 0 saturated heterocycles. The van der Waals surface area contributed by atoms with Crippen molar-refractivity contribution in [2.75, 3.05) is 0 Å². The zero-order valence-corrected chi connectivity index (χ0v) is 11.7. The average molecular weight is 259 g/mol. The minimum Gasteiger partial charge on any atom is -0.303 e. The molecule has 0 aliphatic heterocycles. The van der Waals surface area contributed by atoms with E-state index in [0.29, 0.717) is 5.92 Å². The number of hydrogen-bond acceptors (Lipinski definition) is 4. The van der Waals surface area contributed by atoms with Gasteiger partial charge in [0.15, 0.2) is 0 Å². The van der Waals surface area contributed by atoms with Crippen LogP contribution in [0.15, 0.2) is 30.9 Å². The van der Waals surface area contributed by atoms with Gasteiger partial charge in [0.2, 0.25) is 0 Å². The molecule has 0 aliphatic rings. The van der Waals surface area contributed by atoms with Crippen LogP contribution in [0, 0.1) is 5.92 Å². The van der Waals surface area contributed by atoms with Crippen LogP contribution in [0.2, 0.25) is 0 Å². The van der Waals surface area contributed by atoms with E-state index in [-0.39, 0.29) is 6.04 Å². The van der Waals surface area contributed by atoms with Gasteiger partial charge in [-0.05, 0) is 30.5 Å². The molecule has 1 atom stereocenters. The molecule has 2 rings (SSSR count). The number of nitrogens with zero attached hydrogens (tertiary/aromatic N) is 4. The van der Waals surface area contributed by atoms with Gasteiger partial charge in [-0.15, -0.1) is 0 Å². The van der Waals surface area contributed by atoms with Gasteiger partial charge in [0, 0.05) is 25.0 Å². The summed E-state index contributed by atoms with van der Waals surface area (Å²) in [6.45, 7) is 8.12. The van der Waals surface area contributed by atoms with E-state index < -0.39 is 0 Å². The first-order chi connectivity index (χ1) is 9.16. The first-order valence-electron chi connectivity index (χ1n) is 6.67. The summed E-state index contributed by atoms with van der Waals surface area (Å²) in [5.74, 6) is 1.55. The van der Waals surface area contributed by atoms with Gasteiger partial charge in [0.1, 0.15) is 12.2 Å². The lowest BCUT2D eigenvalue weighted by Gasteiger charge is -2.14. The van der Waals surface area contributed by atoms with E-state index in [4.69, 9.17) is 0 Å². The molecule has 102 valence electrons. The molecule has 0 unspecified atom stereocenters. The highest BCUT2D eigenvalue weighted by Gasteiger charge is 2.09. The van der Waals surface area contributed by atoms with Crippen LogP contribution in [0.1, 0.15) is 38.2 Å². The molecule has 0 aliphatic carbocycles. The van der Waals surface area contributed by atoms with E-state index in [1.54, 1.807) is 6.33 Å². The Labute approximate surface area is 114 Å². The molecule has 1 N–H and O–H groups in total.